The van der Waals surface area contributed by atoms with Gasteiger partial charge in [0.1, 0.15) is 6.54 Å². The Bertz CT molecular complexity index is 1440. The van der Waals surface area contributed by atoms with Crippen LogP contribution in [-0.2, 0) is 17.8 Å². The Kier molecular flexibility index (Phi) is 5.35. The van der Waals surface area contributed by atoms with Gasteiger partial charge in [0.05, 0.1) is 10.6 Å². The SMILES string of the molecule is O=C(Cn1nc2ccccn2c1=O)Nc1nc(Cc2ccccc2)c(-c2ccccc2)s1. The lowest BCUT2D eigenvalue weighted by Crippen LogP contribution is -2.28. The molecule has 0 aliphatic heterocycles. The van der Waals surface area contributed by atoms with Crippen LogP contribution in [-0.4, -0.2) is 25.1 Å². The van der Waals surface area contributed by atoms with Crippen molar-refractivity contribution in [3.8, 4) is 10.4 Å². The van der Waals surface area contributed by atoms with Crippen molar-refractivity contribution in [3.05, 3.63) is 107 Å². The van der Waals surface area contributed by atoms with Crippen LogP contribution in [0.5, 0.6) is 0 Å². The molecule has 5 aromatic rings. The molecule has 8 heteroatoms. The summed E-state index contributed by atoms with van der Waals surface area (Å²) in [5, 5.41) is 7.54. The predicted molar refractivity (Wildman–Crippen MR) is 125 cm³/mol. The minimum absolute atomic E-state index is 0.186. The van der Waals surface area contributed by atoms with Gasteiger partial charge in [0.25, 0.3) is 0 Å². The lowest BCUT2D eigenvalue weighted by Gasteiger charge is -2.02. The lowest BCUT2D eigenvalue weighted by molar-refractivity contribution is -0.117. The van der Waals surface area contributed by atoms with Crippen molar-refractivity contribution in [3.63, 3.8) is 0 Å². The topological polar surface area (TPSA) is 81.3 Å². The van der Waals surface area contributed by atoms with Crippen LogP contribution in [0.4, 0.5) is 5.13 Å². The maximum Gasteiger partial charge on any atom is 0.350 e. The average molecular weight is 442 g/mol. The van der Waals surface area contributed by atoms with Gasteiger partial charge in [-0.15, -0.1) is 5.10 Å². The maximum absolute atomic E-state index is 12.7. The number of hydrogen-bond donors (Lipinski definition) is 1. The van der Waals surface area contributed by atoms with Gasteiger partial charge in [-0.25, -0.2) is 14.5 Å². The van der Waals surface area contributed by atoms with Gasteiger partial charge in [-0.05, 0) is 23.3 Å². The smallest absolute Gasteiger partial charge is 0.300 e. The second-order valence-electron chi connectivity index (χ2n) is 7.24. The second kappa shape index (κ2) is 8.60. The zero-order valence-electron chi connectivity index (χ0n) is 17.0. The molecule has 0 unspecified atom stereocenters. The van der Waals surface area contributed by atoms with E-state index in [1.54, 1.807) is 24.4 Å². The van der Waals surface area contributed by atoms with Gasteiger partial charge in [0.2, 0.25) is 5.91 Å². The van der Waals surface area contributed by atoms with E-state index in [4.69, 9.17) is 4.98 Å². The molecule has 32 heavy (non-hydrogen) atoms. The molecular weight excluding hydrogens is 422 g/mol. The molecule has 0 bridgehead atoms. The minimum Gasteiger partial charge on any atom is -0.300 e. The number of benzene rings is 2. The number of carbonyl (C=O) groups excluding carboxylic acids is 1. The van der Waals surface area contributed by atoms with Gasteiger partial charge in [0, 0.05) is 12.6 Å². The monoisotopic (exact) mass is 441 g/mol. The zero-order chi connectivity index (χ0) is 21.9. The van der Waals surface area contributed by atoms with Crippen LogP contribution >= 0.6 is 11.3 Å². The van der Waals surface area contributed by atoms with Gasteiger partial charge in [0.15, 0.2) is 10.8 Å². The molecule has 2 aromatic carbocycles. The van der Waals surface area contributed by atoms with Gasteiger partial charge < -0.3 is 5.32 Å². The summed E-state index contributed by atoms with van der Waals surface area (Å²) in [5.74, 6) is -0.352. The van der Waals surface area contributed by atoms with Crippen molar-refractivity contribution in [1.82, 2.24) is 19.2 Å². The fourth-order valence-corrected chi connectivity index (χ4v) is 4.50. The lowest BCUT2D eigenvalue weighted by atomic mass is 10.1. The molecule has 0 radical (unpaired) electrons. The number of aromatic nitrogens is 4. The summed E-state index contributed by atoms with van der Waals surface area (Å²) in [6.45, 7) is -0.186. The van der Waals surface area contributed by atoms with E-state index in [0.717, 1.165) is 26.4 Å². The molecule has 3 heterocycles. The molecule has 0 saturated carbocycles. The number of nitrogens with one attached hydrogen (secondary N) is 1. The van der Waals surface area contributed by atoms with Gasteiger partial charge in [-0.2, -0.15) is 0 Å². The predicted octanol–water partition coefficient (Wildman–Crippen LogP) is 3.85. The summed E-state index contributed by atoms with van der Waals surface area (Å²) in [5.41, 5.74) is 3.23. The number of pyridine rings is 1. The Morgan fingerprint density at radius 1 is 0.938 bits per heavy atom. The Hall–Kier alpha value is -4.04. The molecule has 0 fully saturated rings. The van der Waals surface area contributed by atoms with E-state index in [1.807, 2.05) is 48.5 Å². The largest absolute Gasteiger partial charge is 0.350 e. The third kappa shape index (κ3) is 4.08. The van der Waals surface area contributed by atoms with E-state index >= 15 is 0 Å². The summed E-state index contributed by atoms with van der Waals surface area (Å²) < 4.78 is 2.56. The number of nitrogens with zero attached hydrogens (tertiary/aromatic N) is 4. The summed E-state index contributed by atoms with van der Waals surface area (Å²) in [4.78, 5) is 30.8. The molecule has 0 aliphatic carbocycles. The number of rotatable bonds is 6. The van der Waals surface area contributed by atoms with Crippen LogP contribution < -0.4 is 11.0 Å². The number of amides is 1. The molecule has 3 aromatic heterocycles. The molecular formula is C24H19N5O2S. The van der Waals surface area contributed by atoms with Crippen molar-refractivity contribution < 1.29 is 4.79 Å². The van der Waals surface area contributed by atoms with Crippen molar-refractivity contribution in [2.75, 3.05) is 5.32 Å². The fourth-order valence-electron chi connectivity index (χ4n) is 3.50. The first-order valence-corrected chi connectivity index (χ1v) is 10.9. The van der Waals surface area contributed by atoms with Crippen LogP contribution in [0, 0.1) is 0 Å². The standard InChI is InChI=1S/C24H19N5O2S/c30-21(16-29-24(31)28-14-8-7-13-20(28)27-29)26-23-25-19(15-17-9-3-1-4-10-17)22(32-23)18-11-5-2-6-12-18/h1-14H,15-16H2,(H,25,26,30). The first-order chi connectivity index (χ1) is 15.7. The summed E-state index contributed by atoms with van der Waals surface area (Å²) in [7, 11) is 0. The number of carbonyl (C=O) groups is 1. The first kappa shape index (κ1) is 19.9. The van der Waals surface area contributed by atoms with Crippen molar-refractivity contribution in [2.24, 2.45) is 0 Å². The highest BCUT2D eigenvalue weighted by molar-refractivity contribution is 7.19. The first-order valence-electron chi connectivity index (χ1n) is 10.1. The quantitative estimate of drug-likeness (QED) is 0.434. The van der Waals surface area contributed by atoms with E-state index in [0.29, 0.717) is 17.2 Å². The van der Waals surface area contributed by atoms with E-state index < -0.39 is 0 Å². The zero-order valence-corrected chi connectivity index (χ0v) is 17.8. The van der Waals surface area contributed by atoms with Crippen LogP contribution in [0.1, 0.15) is 11.3 Å². The normalized spacial score (nSPS) is 11.0. The van der Waals surface area contributed by atoms with Crippen molar-refractivity contribution in [2.45, 2.75) is 13.0 Å². The Balaban J connectivity index is 1.41. The number of fused-ring (bicyclic) bond motifs is 1. The number of hydrogen-bond acceptors (Lipinski definition) is 5. The van der Waals surface area contributed by atoms with Crippen LogP contribution in [0.15, 0.2) is 89.9 Å². The third-order valence-electron chi connectivity index (χ3n) is 4.98. The van der Waals surface area contributed by atoms with E-state index in [9.17, 15) is 9.59 Å². The van der Waals surface area contributed by atoms with Crippen molar-refractivity contribution >= 4 is 28.0 Å². The molecule has 0 aliphatic rings. The Morgan fingerprint density at radius 2 is 1.66 bits per heavy atom. The molecule has 5 rings (SSSR count). The highest BCUT2D eigenvalue weighted by Gasteiger charge is 2.17. The molecule has 0 saturated heterocycles. The van der Waals surface area contributed by atoms with Gasteiger partial charge >= 0.3 is 5.69 Å². The van der Waals surface area contributed by atoms with E-state index in [1.165, 1.54) is 15.7 Å². The third-order valence-corrected chi connectivity index (χ3v) is 6.04. The number of anilines is 1. The number of thiazole rings is 1. The van der Waals surface area contributed by atoms with Crippen LogP contribution in [0.25, 0.3) is 16.1 Å². The molecule has 0 spiro atoms. The second-order valence-corrected chi connectivity index (χ2v) is 8.24. The molecule has 1 amide bonds. The Morgan fingerprint density at radius 3 is 2.41 bits per heavy atom. The summed E-state index contributed by atoms with van der Waals surface area (Å²) in [6, 6.07) is 25.3. The molecule has 0 atom stereocenters. The van der Waals surface area contributed by atoms with Gasteiger partial charge in [-0.3, -0.25) is 9.20 Å². The minimum atomic E-state index is -0.357. The summed E-state index contributed by atoms with van der Waals surface area (Å²) >= 11 is 1.42. The van der Waals surface area contributed by atoms with Gasteiger partial charge in [-0.1, -0.05) is 78.1 Å². The molecule has 7 nitrogen and oxygen atoms in total. The van der Waals surface area contributed by atoms with Crippen LogP contribution in [0.2, 0.25) is 0 Å². The van der Waals surface area contributed by atoms with E-state index in [-0.39, 0.29) is 18.1 Å². The maximum atomic E-state index is 12.7. The molecule has 1 N–H and O–H groups in total. The fraction of sp³-hybridized carbons (Fsp3) is 0.0833. The Labute approximate surface area is 187 Å². The molecule has 158 valence electrons. The van der Waals surface area contributed by atoms with E-state index in [2.05, 4.69) is 22.5 Å². The van der Waals surface area contributed by atoms with Crippen LogP contribution in [0.3, 0.4) is 0 Å². The average Bonchev–Trinajstić information content (AvgIpc) is 3.35. The highest BCUT2D eigenvalue weighted by atomic mass is 32.1. The summed E-state index contributed by atoms with van der Waals surface area (Å²) in [6.07, 6.45) is 2.28. The van der Waals surface area contributed by atoms with Crippen molar-refractivity contribution in [1.29, 1.82) is 0 Å². The highest BCUT2D eigenvalue weighted by Crippen LogP contribution is 2.34.